The number of aryl methyl sites for hydroxylation is 1. The number of aliphatic hydroxyl groups excluding tert-OH is 1. The van der Waals surface area contributed by atoms with E-state index in [-0.39, 0.29) is 21.1 Å². The van der Waals surface area contributed by atoms with E-state index in [0.29, 0.717) is 11.3 Å². The molecule has 1 fully saturated rings. The van der Waals surface area contributed by atoms with Gasteiger partial charge in [-0.05, 0) is 13.0 Å². The van der Waals surface area contributed by atoms with Gasteiger partial charge in [0.05, 0.1) is 18.4 Å². The molecule has 1 aliphatic rings. The highest BCUT2D eigenvalue weighted by atomic mass is 32.1. The first-order valence-electron chi connectivity index (χ1n) is 9.51. The second kappa shape index (κ2) is 8.35. The van der Waals surface area contributed by atoms with Crippen LogP contribution in [0.2, 0.25) is 0 Å². The van der Waals surface area contributed by atoms with E-state index < -0.39 is 35.3 Å². The van der Waals surface area contributed by atoms with Crippen LogP contribution in [0.5, 0.6) is 0 Å². The van der Waals surface area contributed by atoms with Crippen molar-refractivity contribution in [2.45, 2.75) is 13.0 Å². The number of carbonyl (C=O) groups excluding carboxylic acids is 3. The molecule has 0 bridgehead atoms. The molecule has 0 saturated carbocycles. The minimum Gasteiger partial charge on any atom is -0.507 e. The molecule has 0 spiro atoms. The van der Waals surface area contributed by atoms with E-state index in [4.69, 9.17) is 4.74 Å². The normalized spacial score (nSPS) is 17.6. The quantitative estimate of drug-likeness (QED) is 0.278. The molecule has 4 rings (SSSR count). The Hall–Kier alpha value is -3.85. The standard InChI is InChI=1S/C23H17FN2O5S/c1-12-20(22(30)31-2)32-23(25-12)26-17(14-10-6-7-11-15(14)24)16(19(28)21(26)29)18(27)13-8-4-3-5-9-13/h3-11,17,27H,1-2H3/b18-16-. The predicted molar refractivity (Wildman–Crippen MR) is 116 cm³/mol. The Labute approximate surface area is 186 Å². The number of anilines is 1. The zero-order valence-corrected chi connectivity index (χ0v) is 17.9. The summed E-state index contributed by atoms with van der Waals surface area (Å²) in [5.41, 5.74) is 0.349. The summed E-state index contributed by atoms with van der Waals surface area (Å²) in [6, 6.07) is 12.6. The Morgan fingerprint density at radius 3 is 2.44 bits per heavy atom. The molecule has 1 unspecified atom stereocenters. The number of thiazole rings is 1. The molecule has 1 saturated heterocycles. The molecule has 3 aromatic rings. The maximum absolute atomic E-state index is 14.8. The van der Waals surface area contributed by atoms with Gasteiger partial charge < -0.3 is 9.84 Å². The van der Waals surface area contributed by atoms with Gasteiger partial charge in [0.25, 0.3) is 5.78 Å². The van der Waals surface area contributed by atoms with Crippen LogP contribution < -0.4 is 4.90 Å². The fourth-order valence-corrected chi connectivity index (χ4v) is 4.55. The summed E-state index contributed by atoms with van der Waals surface area (Å²) in [7, 11) is 1.21. The number of amides is 1. The number of ketones is 1. The van der Waals surface area contributed by atoms with Crippen LogP contribution in [0.3, 0.4) is 0 Å². The van der Waals surface area contributed by atoms with E-state index in [0.717, 1.165) is 16.2 Å². The average molecular weight is 452 g/mol. The van der Waals surface area contributed by atoms with Crippen LogP contribution >= 0.6 is 11.3 Å². The second-order valence-corrected chi connectivity index (χ2v) is 7.94. The first-order chi connectivity index (χ1) is 15.3. The number of hydrogen-bond donors (Lipinski definition) is 1. The highest BCUT2D eigenvalue weighted by molar-refractivity contribution is 7.17. The molecule has 1 N–H and O–H groups in total. The third-order valence-electron chi connectivity index (χ3n) is 5.05. The van der Waals surface area contributed by atoms with Gasteiger partial charge in [-0.2, -0.15) is 0 Å². The van der Waals surface area contributed by atoms with Gasteiger partial charge in [0.2, 0.25) is 0 Å². The molecule has 7 nitrogen and oxygen atoms in total. The maximum Gasteiger partial charge on any atom is 0.350 e. The van der Waals surface area contributed by atoms with E-state index in [9.17, 15) is 23.9 Å². The lowest BCUT2D eigenvalue weighted by Crippen LogP contribution is -2.29. The Kier molecular flexibility index (Phi) is 5.58. The first kappa shape index (κ1) is 21.4. The van der Waals surface area contributed by atoms with Gasteiger partial charge in [0, 0.05) is 11.1 Å². The number of nitrogens with zero attached hydrogens (tertiary/aromatic N) is 2. The summed E-state index contributed by atoms with van der Waals surface area (Å²) in [6.45, 7) is 1.56. The van der Waals surface area contributed by atoms with Crippen LogP contribution in [-0.2, 0) is 14.3 Å². The van der Waals surface area contributed by atoms with Crippen LogP contribution in [0.25, 0.3) is 5.76 Å². The number of aromatic nitrogens is 1. The van der Waals surface area contributed by atoms with Crippen molar-refractivity contribution in [1.29, 1.82) is 0 Å². The van der Waals surface area contributed by atoms with Crippen LogP contribution in [-0.4, -0.2) is 34.9 Å². The molecule has 0 aliphatic carbocycles. The molecular weight excluding hydrogens is 435 g/mol. The lowest BCUT2D eigenvalue weighted by Gasteiger charge is -2.23. The lowest BCUT2D eigenvalue weighted by atomic mass is 9.95. The van der Waals surface area contributed by atoms with E-state index in [2.05, 4.69) is 4.98 Å². The number of carbonyl (C=O) groups is 3. The van der Waals surface area contributed by atoms with Gasteiger partial charge in [-0.25, -0.2) is 14.2 Å². The topological polar surface area (TPSA) is 96.8 Å². The minimum atomic E-state index is -1.27. The van der Waals surface area contributed by atoms with Gasteiger partial charge >= 0.3 is 11.9 Å². The third kappa shape index (κ3) is 3.46. The Morgan fingerprint density at radius 1 is 1.12 bits per heavy atom. The summed E-state index contributed by atoms with van der Waals surface area (Å²) < 4.78 is 19.6. The van der Waals surface area contributed by atoms with Crippen LogP contribution in [0, 0.1) is 12.7 Å². The van der Waals surface area contributed by atoms with Crippen molar-refractivity contribution in [3.05, 3.63) is 87.7 Å². The van der Waals surface area contributed by atoms with Crippen LogP contribution in [0.15, 0.2) is 60.2 Å². The van der Waals surface area contributed by atoms with Crippen LogP contribution in [0.1, 0.15) is 32.5 Å². The Bertz CT molecular complexity index is 1270. The molecule has 0 radical (unpaired) electrons. The van der Waals surface area contributed by atoms with Crippen molar-refractivity contribution in [1.82, 2.24) is 4.98 Å². The summed E-state index contributed by atoms with van der Waals surface area (Å²) in [6.07, 6.45) is 0. The van der Waals surface area contributed by atoms with E-state index in [1.54, 1.807) is 43.3 Å². The van der Waals surface area contributed by atoms with Crippen molar-refractivity contribution in [3.63, 3.8) is 0 Å². The van der Waals surface area contributed by atoms with Gasteiger partial charge in [0.1, 0.15) is 22.5 Å². The van der Waals surface area contributed by atoms with Crippen LogP contribution in [0.4, 0.5) is 9.52 Å². The summed E-state index contributed by atoms with van der Waals surface area (Å²) in [5.74, 6) is -3.70. The second-order valence-electron chi connectivity index (χ2n) is 6.96. The highest BCUT2D eigenvalue weighted by Crippen LogP contribution is 2.44. The fraction of sp³-hybridized carbons (Fsp3) is 0.130. The third-order valence-corrected chi connectivity index (χ3v) is 6.19. The number of hydrogen-bond acceptors (Lipinski definition) is 7. The van der Waals surface area contributed by atoms with Gasteiger partial charge in [0.15, 0.2) is 5.13 Å². The fourth-order valence-electron chi connectivity index (χ4n) is 3.54. The molecule has 1 atom stereocenters. The van der Waals surface area contributed by atoms with Crippen molar-refractivity contribution < 1.29 is 28.6 Å². The smallest absolute Gasteiger partial charge is 0.350 e. The number of aliphatic hydroxyl groups is 1. The van der Waals surface area contributed by atoms with Crippen molar-refractivity contribution in [2.75, 3.05) is 12.0 Å². The van der Waals surface area contributed by atoms with E-state index >= 15 is 0 Å². The molecule has 162 valence electrons. The average Bonchev–Trinajstić information content (AvgIpc) is 3.30. The Balaban J connectivity index is 1.96. The highest BCUT2D eigenvalue weighted by Gasteiger charge is 2.49. The van der Waals surface area contributed by atoms with E-state index in [1.807, 2.05) is 0 Å². The molecule has 1 amide bonds. The van der Waals surface area contributed by atoms with Gasteiger partial charge in [-0.3, -0.25) is 14.5 Å². The molecule has 1 aliphatic heterocycles. The minimum absolute atomic E-state index is 0.0108. The summed E-state index contributed by atoms with van der Waals surface area (Å²) >= 11 is 0.850. The SMILES string of the molecule is COC(=O)c1sc(N2C(=O)C(=O)/C(=C(\O)c3ccccc3)C2c2ccccc2F)nc1C. The first-order valence-corrected chi connectivity index (χ1v) is 10.3. The Morgan fingerprint density at radius 2 is 1.78 bits per heavy atom. The number of Topliss-reactive ketones (excluding diaryl/α,β-unsaturated/α-hetero) is 1. The predicted octanol–water partition coefficient (Wildman–Crippen LogP) is 4.00. The number of ether oxygens (including phenoxy) is 1. The summed E-state index contributed by atoms with van der Waals surface area (Å²) in [4.78, 5) is 43.6. The van der Waals surface area contributed by atoms with Crippen molar-refractivity contribution >= 4 is 39.9 Å². The zero-order valence-electron chi connectivity index (χ0n) is 17.0. The molecule has 2 heterocycles. The van der Waals surface area contributed by atoms with Crippen molar-refractivity contribution in [3.8, 4) is 0 Å². The molecule has 32 heavy (non-hydrogen) atoms. The maximum atomic E-state index is 14.8. The lowest BCUT2D eigenvalue weighted by molar-refractivity contribution is -0.132. The van der Waals surface area contributed by atoms with Gasteiger partial charge in [-0.15, -0.1) is 0 Å². The molecule has 2 aromatic carbocycles. The number of benzene rings is 2. The molecule has 1 aromatic heterocycles. The molecule has 9 heteroatoms. The van der Waals surface area contributed by atoms with E-state index in [1.165, 1.54) is 25.3 Å². The molecular formula is C23H17FN2O5S. The number of esters is 1. The summed E-state index contributed by atoms with van der Waals surface area (Å²) in [5, 5.41) is 11.0. The largest absolute Gasteiger partial charge is 0.507 e. The monoisotopic (exact) mass is 452 g/mol. The number of rotatable bonds is 4. The number of halogens is 1. The van der Waals surface area contributed by atoms with Crippen molar-refractivity contribution in [2.24, 2.45) is 0 Å². The van der Waals surface area contributed by atoms with Gasteiger partial charge in [-0.1, -0.05) is 59.9 Å². The zero-order chi connectivity index (χ0) is 23.0. The number of methoxy groups -OCH3 is 1.